The van der Waals surface area contributed by atoms with Gasteiger partial charge < -0.3 is 15.0 Å². The number of fused-ring (bicyclic) bond motifs is 2. The van der Waals surface area contributed by atoms with E-state index in [1.165, 1.54) is 0 Å². The van der Waals surface area contributed by atoms with Crippen LogP contribution in [0.3, 0.4) is 0 Å². The molecule has 0 aromatic carbocycles. The van der Waals surface area contributed by atoms with Gasteiger partial charge in [0.25, 0.3) is 0 Å². The molecule has 5 heterocycles. The quantitative estimate of drug-likeness (QED) is 0.810. The molecule has 2 bridgehead atoms. The van der Waals surface area contributed by atoms with Crippen LogP contribution < -0.4 is 5.32 Å². The number of nitriles is 1. The summed E-state index contributed by atoms with van der Waals surface area (Å²) in [5.74, 6) is 0.491. The molecule has 3 aliphatic heterocycles. The van der Waals surface area contributed by atoms with Crippen molar-refractivity contribution in [1.82, 2.24) is 24.6 Å². The van der Waals surface area contributed by atoms with Gasteiger partial charge in [-0.05, 0) is 43.7 Å². The summed E-state index contributed by atoms with van der Waals surface area (Å²) in [4.78, 5) is 24.4. The summed E-state index contributed by atoms with van der Waals surface area (Å²) in [6, 6.07) is 4.36. The first kappa shape index (κ1) is 19.7. The van der Waals surface area contributed by atoms with Crippen molar-refractivity contribution in [3.63, 3.8) is 0 Å². The lowest BCUT2D eigenvalue weighted by molar-refractivity contribution is -0.145. The average Bonchev–Trinajstić information content (AvgIpc) is 3.32. The fraction of sp³-hybridized carbons (Fsp3) is 0.500. The Bertz CT molecular complexity index is 1060. The molecule has 1 amide bonds. The van der Waals surface area contributed by atoms with Gasteiger partial charge in [-0.1, -0.05) is 6.08 Å². The second-order valence-corrected chi connectivity index (χ2v) is 8.51. The predicted octanol–water partition coefficient (Wildman–Crippen LogP) is 2.42. The van der Waals surface area contributed by atoms with Gasteiger partial charge in [-0.25, -0.2) is 9.97 Å². The first-order valence-electron chi connectivity index (χ1n) is 10.7. The number of hydrogen-bond acceptors (Lipinski definition) is 7. The van der Waals surface area contributed by atoms with E-state index >= 15 is 0 Å². The molecule has 2 fully saturated rings. The molecule has 0 spiro atoms. The number of ether oxygens (including phenoxy) is 1. The molecule has 0 aliphatic carbocycles. The zero-order valence-corrected chi connectivity index (χ0v) is 17.5. The van der Waals surface area contributed by atoms with Gasteiger partial charge in [0.1, 0.15) is 5.41 Å². The van der Waals surface area contributed by atoms with Crippen molar-refractivity contribution in [3.05, 3.63) is 36.4 Å². The Labute approximate surface area is 180 Å². The Kier molecular flexibility index (Phi) is 4.94. The van der Waals surface area contributed by atoms with Crippen LogP contribution >= 0.6 is 0 Å². The van der Waals surface area contributed by atoms with Crippen molar-refractivity contribution in [2.75, 3.05) is 18.5 Å². The lowest BCUT2D eigenvalue weighted by Gasteiger charge is -2.40. The highest BCUT2D eigenvalue weighted by molar-refractivity contribution is 5.87. The van der Waals surface area contributed by atoms with Gasteiger partial charge in [-0.3, -0.25) is 9.48 Å². The molecule has 31 heavy (non-hydrogen) atoms. The largest absolute Gasteiger partial charge is 0.381 e. The minimum absolute atomic E-state index is 0.0130. The van der Waals surface area contributed by atoms with Gasteiger partial charge >= 0.3 is 0 Å². The summed E-state index contributed by atoms with van der Waals surface area (Å²) >= 11 is 0. The number of aryl methyl sites for hydroxylation is 1. The third-order valence-electron chi connectivity index (χ3n) is 6.55. The molecule has 2 saturated heterocycles. The molecule has 2 aromatic rings. The van der Waals surface area contributed by atoms with E-state index < -0.39 is 5.41 Å². The smallest absolute Gasteiger partial charge is 0.243 e. The van der Waals surface area contributed by atoms with Crippen molar-refractivity contribution in [2.24, 2.45) is 12.5 Å². The highest BCUT2D eigenvalue weighted by Gasteiger charge is 2.49. The van der Waals surface area contributed by atoms with Crippen molar-refractivity contribution in [1.29, 1.82) is 5.26 Å². The molecule has 1 N–H and O–H groups in total. The number of carbonyl (C=O) groups excluding carboxylic acids is 1. The standard InChI is InChI=1S/C22H25N7O2/c1-28-13-16(12-25-28)26-21-24-7-4-19(27-21)15-10-17-2-3-18(11-15)29(17)20(30)22(14-23)5-8-31-9-6-22/h4,7,10,12-13,17-18H,2-3,5-6,8-9,11H2,1H3,(H,24,26,27). The lowest BCUT2D eigenvalue weighted by atomic mass is 9.79. The monoisotopic (exact) mass is 419 g/mol. The molecule has 9 nitrogen and oxygen atoms in total. The van der Waals surface area contributed by atoms with Crippen LogP contribution in [0.1, 0.15) is 37.8 Å². The normalized spacial score (nSPS) is 24.4. The fourth-order valence-electron chi connectivity index (χ4n) is 4.89. The SMILES string of the molecule is Cn1cc(Nc2nccc(C3=CC4CCC(C3)N4C(=O)C3(C#N)CCOCC3)n2)cn1. The second-order valence-electron chi connectivity index (χ2n) is 8.51. The Balaban J connectivity index is 1.37. The highest BCUT2D eigenvalue weighted by Crippen LogP contribution is 2.42. The van der Waals surface area contributed by atoms with Crippen LogP contribution in [-0.4, -0.2) is 55.9 Å². The van der Waals surface area contributed by atoms with Gasteiger partial charge in [0.05, 0.1) is 29.7 Å². The number of anilines is 2. The second kappa shape index (κ2) is 7.78. The van der Waals surface area contributed by atoms with Gasteiger partial charge in [-0.15, -0.1) is 0 Å². The van der Waals surface area contributed by atoms with E-state index in [-0.39, 0.29) is 18.0 Å². The number of nitrogens with zero attached hydrogens (tertiary/aromatic N) is 6. The molecule has 2 atom stereocenters. The van der Waals surface area contributed by atoms with Crippen LogP contribution in [0.25, 0.3) is 5.57 Å². The van der Waals surface area contributed by atoms with E-state index in [1.807, 2.05) is 24.2 Å². The maximum Gasteiger partial charge on any atom is 0.243 e. The van der Waals surface area contributed by atoms with Gasteiger partial charge in [0.2, 0.25) is 11.9 Å². The molecular weight excluding hydrogens is 394 g/mol. The maximum atomic E-state index is 13.4. The molecule has 160 valence electrons. The fourth-order valence-corrected chi connectivity index (χ4v) is 4.89. The van der Waals surface area contributed by atoms with Crippen LogP contribution in [0.2, 0.25) is 0 Å². The van der Waals surface area contributed by atoms with Crippen LogP contribution in [-0.2, 0) is 16.6 Å². The number of carbonyl (C=O) groups is 1. The molecule has 2 unspecified atom stereocenters. The summed E-state index contributed by atoms with van der Waals surface area (Å²) in [5, 5.41) is 17.1. The van der Waals surface area contributed by atoms with E-state index in [9.17, 15) is 10.1 Å². The number of rotatable bonds is 4. The van der Waals surface area contributed by atoms with Gasteiger partial charge in [-0.2, -0.15) is 10.4 Å². The number of aromatic nitrogens is 4. The van der Waals surface area contributed by atoms with Gasteiger partial charge in [0.15, 0.2) is 0 Å². The zero-order chi connectivity index (χ0) is 21.4. The van der Waals surface area contributed by atoms with E-state index in [0.717, 1.165) is 36.2 Å². The lowest BCUT2D eigenvalue weighted by Crippen LogP contribution is -2.51. The van der Waals surface area contributed by atoms with Crippen molar-refractivity contribution in [2.45, 2.75) is 44.2 Å². The number of nitrogens with one attached hydrogen (secondary N) is 1. The van der Waals surface area contributed by atoms with Gasteiger partial charge in [0, 0.05) is 38.7 Å². The first-order valence-corrected chi connectivity index (χ1v) is 10.7. The van der Waals surface area contributed by atoms with Crippen molar-refractivity contribution in [3.8, 4) is 6.07 Å². The van der Waals surface area contributed by atoms with Crippen molar-refractivity contribution < 1.29 is 9.53 Å². The Hall–Kier alpha value is -3.25. The van der Waals surface area contributed by atoms with Crippen molar-refractivity contribution >= 4 is 23.1 Å². The predicted molar refractivity (Wildman–Crippen MR) is 113 cm³/mol. The molecule has 9 heteroatoms. The van der Waals surface area contributed by atoms with E-state index in [4.69, 9.17) is 4.74 Å². The summed E-state index contributed by atoms with van der Waals surface area (Å²) in [6.45, 7) is 0.939. The van der Waals surface area contributed by atoms with Crippen LogP contribution in [0.5, 0.6) is 0 Å². The van der Waals surface area contributed by atoms with Crippen LogP contribution in [0.15, 0.2) is 30.7 Å². The van der Waals surface area contributed by atoms with Crippen LogP contribution in [0, 0.1) is 16.7 Å². The molecule has 3 aliphatic rings. The highest BCUT2D eigenvalue weighted by atomic mass is 16.5. The third-order valence-corrected chi connectivity index (χ3v) is 6.55. The summed E-state index contributed by atoms with van der Waals surface area (Å²) < 4.78 is 7.12. The third kappa shape index (κ3) is 3.57. The molecule has 0 radical (unpaired) electrons. The zero-order valence-electron chi connectivity index (χ0n) is 17.5. The van der Waals surface area contributed by atoms with E-state index in [2.05, 4.69) is 32.5 Å². The molecule has 2 aromatic heterocycles. The summed E-state index contributed by atoms with van der Waals surface area (Å²) in [5.41, 5.74) is 1.88. The minimum Gasteiger partial charge on any atom is -0.381 e. The Morgan fingerprint density at radius 3 is 2.90 bits per heavy atom. The number of amides is 1. The average molecular weight is 419 g/mol. The Morgan fingerprint density at radius 1 is 1.35 bits per heavy atom. The first-order chi connectivity index (χ1) is 15.1. The minimum atomic E-state index is -0.944. The topological polar surface area (TPSA) is 109 Å². The summed E-state index contributed by atoms with van der Waals surface area (Å²) in [7, 11) is 1.86. The Morgan fingerprint density at radius 2 is 2.19 bits per heavy atom. The van der Waals surface area contributed by atoms with E-state index in [1.54, 1.807) is 17.1 Å². The molecular formula is C22H25N7O2. The molecule has 5 rings (SSSR count). The van der Waals surface area contributed by atoms with E-state index in [0.29, 0.717) is 32.0 Å². The molecule has 0 saturated carbocycles. The van der Waals surface area contributed by atoms with Crippen LogP contribution in [0.4, 0.5) is 11.6 Å². The number of hydrogen-bond donors (Lipinski definition) is 1. The maximum absolute atomic E-state index is 13.4. The summed E-state index contributed by atoms with van der Waals surface area (Å²) in [6.07, 6.45) is 11.0.